The van der Waals surface area contributed by atoms with Crippen LogP contribution < -0.4 is 5.32 Å². The van der Waals surface area contributed by atoms with E-state index in [1.165, 1.54) is 0 Å². The van der Waals surface area contributed by atoms with Crippen molar-refractivity contribution < 1.29 is 24.5 Å². The molecule has 0 heterocycles. The number of ether oxygens (including phenoxy) is 1. The summed E-state index contributed by atoms with van der Waals surface area (Å²) < 4.78 is 5.01. The van der Waals surface area contributed by atoms with Crippen LogP contribution in [0.5, 0.6) is 0 Å². The van der Waals surface area contributed by atoms with Crippen molar-refractivity contribution in [1.82, 2.24) is 5.32 Å². The number of carbonyl (C=O) groups excluding carboxylic acids is 1. The summed E-state index contributed by atoms with van der Waals surface area (Å²) in [6.07, 6.45) is -1.95. The van der Waals surface area contributed by atoms with Crippen LogP contribution >= 0.6 is 0 Å². The molecule has 0 radical (unpaired) electrons. The summed E-state index contributed by atoms with van der Waals surface area (Å²) in [5, 5.41) is 21.4. The minimum atomic E-state index is -1.23. The number of hydrogen-bond acceptors (Lipinski definition) is 4. The molecule has 0 aliphatic heterocycles. The van der Waals surface area contributed by atoms with Crippen molar-refractivity contribution in [2.24, 2.45) is 0 Å². The van der Waals surface area contributed by atoms with Crippen LogP contribution in [0.4, 0.5) is 4.79 Å². The van der Waals surface area contributed by atoms with Crippen molar-refractivity contribution in [3.05, 3.63) is 35.9 Å². The number of hydrogen-bond donors (Lipinski definition) is 3. The van der Waals surface area contributed by atoms with Crippen molar-refractivity contribution in [1.29, 1.82) is 0 Å². The summed E-state index contributed by atoms with van der Waals surface area (Å²) in [6, 6.07) is 7.44. The van der Waals surface area contributed by atoms with Crippen molar-refractivity contribution >= 4 is 12.1 Å². The fourth-order valence-corrected chi connectivity index (χ4v) is 1.71. The summed E-state index contributed by atoms with van der Waals surface area (Å²) in [7, 11) is 0. The standard InChI is InChI=1S/C15H21NO5/c1-15(2,3)21-14(20)16-11(13(18)19)9-12(17)10-7-5-4-6-8-10/h4-8,11-12,17H,9H2,1-3H3,(H,16,20)(H,18,19). The molecule has 6 nitrogen and oxygen atoms in total. The maximum Gasteiger partial charge on any atom is 0.408 e. The molecule has 0 aliphatic rings. The lowest BCUT2D eigenvalue weighted by molar-refractivity contribution is -0.140. The van der Waals surface area contributed by atoms with E-state index in [9.17, 15) is 14.7 Å². The van der Waals surface area contributed by atoms with Crippen molar-refractivity contribution in [2.75, 3.05) is 0 Å². The molecule has 0 bridgehead atoms. The van der Waals surface area contributed by atoms with E-state index in [2.05, 4.69) is 5.32 Å². The van der Waals surface area contributed by atoms with Gasteiger partial charge in [-0.15, -0.1) is 0 Å². The average Bonchev–Trinajstić information content (AvgIpc) is 2.36. The fourth-order valence-electron chi connectivity index (χ4n) is 1.71. The molecule has 0 saturated carbocycles. The number of aliphatic hydroxyl groups is 1. The Bertz CT molecular complexity index is 481. The number of alkyl carbamates (subject to hydrolysis) is 1. The molecule has 0 saturated heterocycles. The molecule has 1 aromatic rings. The van der Waals surface area contributed by atoms with Crippen LogP contribution in [0.25, 0.3) is 0 Å². The van der Waals surface area contributed by atoms with E-state index in [0.717, 1.165) is 0 Å². The van der Waals surface area contributed by atoms with Gasteiger partial charge in [-0.1, -0.05) is 30.3 Å². The van der Waals surface area contributed by atoms with Gasteiger partial charge < -0.3 is 20.3 Å². The van der Waals surface area contributed by atoms with Gasteiger partial charge in [-0.05, 0) is 26.3 Å². The lowest BCUT2D eigenvalue weighted by Crippen LogP contribution is -2.44. The maximum atomic E-state index is 11.6. The molecule has 116 valence electrons. The van der Waals surface area contributed by atoms with Crippen LogP contribution in [-0.4, -0.2) is 33.9 Å². The van der Waals surface area contributed by atoms with Gasteiger partial charge in [-0.3, -0.25) is 0 Å². The first-order chi connectivity index (χ1) is 9.69. The van der Waals surface area contributed by atoms with Crippen molar-refractivity contribution in [2.45, 2.75) is 44.9 Å². The molecule has 0 aromatic heterocycles. The Balaban J connectivity index is 2.66. The third-order valence-corrected chi connectivity index (χ3v) is 2.63. The smallest absolute Gasteiger partial charge is 0.408 e. The molecular weight excluding hydrogens is 274 g/mol. The van der Waals surface area contributed by atoms with E-state index in [4.69, 9.17) is 9.84 Å². The summed E-state index contributed by atoms with van der Waals surface area (Å²) in [6.45, 7) is 5.05. The molecule has 1 rings (SSSR count). The average molecular weight is 295 g/mol. The monoisotopic (exact) mass is 295 g/mol. The van der Waals surface area contributed by atoms with E-state index >= 15 is 0 Å². The molecule has 0 fully saturated rings. The predicted molar refractivity (Wildman–Crippen MR) is 76.8 cm³/mol. The molecule has 0 aliphatic carbocycles. The normalized spacial score (nSPS) is 14.1. The van der Waals surface area contributed by atoms with Crippen molar-refractivity contribution in [3.63, 3.8) is 0 Å². The van der Waals surface area contributed by atoms with E-state index < -0.39 is 29.8 Å². The quantitative estimate of drug-likeness (QED) is 0.773. The third kappa shape index (κ3) is 6.27. The Labute approximate surface area is 123 Å². The van der Waals surface area contributed by atoms with Crippen LogP contribution in [0.1, 0.15) is 38.9 Å². The Hall–Kier alpha value is -2.08. The Kier molecular flexibility index (Phi) is 5.72. The topological polar surface area (TPSA) is 95.9 Å². The number of aliphatic carboxylic acids is 1. The summed E-state index contributed by atoms with van der Waals surface area (Å²) in [5.41, 5.74) is -0.125. The van der Waals surface area contributed by atoms with Crippen LogP contribution in [0.2, 0.25) is 0 Å². The lowest BCUT2D eigenvalue weighted by atomic mass is 10.0. The van der Waals surface area contributed by atoms with Crippen LogP contribution in [0.3, 0.4) is 0 Å². The zero-order valence-corrected chi connectivity index (χ0v) is 12.4. The molecule has 0 spiro atoms. The number of aliphatic hydroxyl groups excluding tert-OH is 1. The molecule has 21 heavy (non-hydrogen) atoms. The maximum absolute atomic E-state index is 11.6. The number of nitrogens with one attached hydrogen (secondary N) is 1. The molecule has 2 atom stereocenters. The van der Waals surface area contributed by atoms with E-state index in [1.54, 1.807) is 51.1 Å². The number of benzene rings is 1. The van der Waals surface area contributed by atoms with E-state index in [1.807, 2.05) is 0 Å². The second-order valence-corrected chi connectivity index (χ2v) is 5.70. The molecular formula is C15H21NO5. The molecule has 2 unspecified atom stereocenters. The highest BCUT2D eigenvalue weighted by Crippen LogP contribution is 2.18. The van der Waals surface area contributed by atoms with Crippen molar-refractivity contribution in [3.8, 4) is 0 Å². The Morgan fingerprint density at radius 3 is 2.29 bits per heavy atom. The van der Waals surface area contributed by atoms with Crippen LogP contribution in [-0.2, 0) is 9.53 Å². The highest BCUT2D eigenvalue weighted by atomic mass is 16.6. The third-order valence-electron chi connectivity index (χ3n) is 2.63. The number of carboxylic acids is 1. The predicted octanol–water partition coefficient (Wildman–Crippen LogP) is 2.09. The first-order valence-electron chi connectivity index (χ1n) is 6.64. The SMILES string of the molecule is CC(C)(C)OC(=O)NC(CC(O)c1ccccc1)C(=O)O. The van der Waals surface area contributed by atoms with Gasteiger partial charge in [0.2, 0.25) is 0 Å². The second kappa shape index (κ2) is 7.08. The first-order valence-corrected chi connectivity index (χ1v) is 6.64. The van der Waals surface area contributed by atoms with E-state index in [-0.39, 0.29) is 6.42 Å². The van der Waals surface area contributed by atoms with Crippen LogP contribution in [0, 0.1) is 0 Å². The van der Waals surface area contributed by atoms with Gasteiger partial charge in [0.05, 0.1) is 6.10 Å². The Morgan fingerprint density at radius 1 is 1.24 bits per heavy atom. The zero-order valence-electron chi connectivity index (χ0n) is 12.4. The van der Waals surface area contributed by atoms with E-state index in [0.29, 0.717) is 5.56 Å². The number of rotatable bonds is 5. The zero-order chi connectivity index (χ0) is 16.0. The minimum Gasteiger partial charge on any atom is -0.480 e. The minimum absolute atomic E-state index is 0.140. The van der Waals surface area contributed by atoms with Gasteiger partial charge in [0.1, 0.15) is 11.6 Å². The fraction of sp³-hybridized carbons (Fsp3) is 0.467. The van der Waals surface area contributed by atoms with Gasteiger partial charge in [0, 0.05) is 6.42 Å². The molecule has 3 N–H and O–H groups in total. The number of carboxylic acid groups (broad SMARTS) is 1. The number of amides is 1. The highest BCUT2D eigenvalue weighted by molar-refractivity contribution is 5.80. The molecule has 6 heteroatoms. The second-order valence-electron chi connectivity index (χ2n) is 5.70. The lowest BCUT2D eigenvalue weighted by Gasteiger charge is -2.23. The summed E-state index contributed by atoms with van der Waals surface area (Å²) in [5.74, 6) is -1.23. The van der Waals surface area contributed by atoms with Gasteiger partial charge in [0.15, 0.2) is 0 Å². The van der Waals surface area contributed by atoms with Gasteiger partial charge in [0.25, 0.3) is 0 Å². The molecule has 1 aromatic carbocycles. The van der Waals surface area contributed by atoms with Gasteiger partial charge in [-0.25, -0.2) is 9.59 Å². The van der Waals surface area contributed by atoms with Gasteiger partial charge in [-0.2, -0.15) is 0 Å². The largest absolute Gasteiger partial charge is 0.480 e. The Morgan fingerprint density at radius 2 is 1.81 bits per heavy atom. The first kappa shape index (κ1) is 17.0. The summed E-state index contributed by atoms with van der Waals surface area (Å²) >= 11 is 0. The van der Waals surface area contributed by atoms with Gasteiger partial charge >= 0.3 is 12.1 Å². The summed E-state index contributed by atoms with van der Waals surface area (Å²) in [4.78, 5) is 22.8. The van der Waals surface area contributed by atoms with Crippen LogP contribution in [0.15, 0.2) is 30.3 Å². The highest BCUT2D eigenvalue weighted by Gasteiger charge is 2.26. The molecule has 1 amide bonds. The number of carbonyl (C=O) groups is 2.